The summed E-state index contributed by atoms with van der Waals surface area (Å²) in [6.07, 6.45) is 1.45. The van der Waals surface area contributed by atoms with Crippen molar-refractivity contribution in [2.45, 2.75) is 50.5 Å². The minimum atomic E-state index is -3.70. The molecule has 0 N–H and O–H groups in total. The first-order chi connectivity index (χ1) is 12.3. The van der Waals surface area contributed by atoms with Gasteiger partial charge in [0.15, 0.2) is 0 Å². The number of piperidine rings is 1. The van der Waals surface area contributed by atoms with Crippen LogP contribution in [0.3, 0.4) is 0 Å². The molecule has 0 saturated carbocycles. The van der Waals surface area contributed by atoms with Gasteiger partial charge in [-0.3, -0.25) is 14.5 Å². The first kappa shape index (κ1) is 18.8. The van der Waals surface area contributed by atoms with Crippen LogP contribution in [0.25, 0.3) is 0 Å². The molecule has 1 aromatic carbocycles. The molecule has 2 aliphatic rings. The summed E-state index contributed by atoms with van der Waals surface area (Å²) < 4.78 is 32.9. The van der Waals surface area contributed by atoms with E-state index in [1.165, 1.54) is 16.3 Å². The predicted molar refractivity (Wildman–Crippen MR) is 95.3 cm³/mol. The molecule has 0 aromatic heterocycles. The van der Waals surface area contributed by atoms with E-state index in [9.17, 15) is 18.0 Å². The summed E-state index contributed by atoms with van der Waals surface area (Å²) >= 11 is 0. The number of methoxy groups -OCH3 is 1. The fourth-order valence-electron chi connectivity index (χ4n) is 3.61. The molecule has 2 amide bonds. The second-order valence-corrected chi connectivity index (χ2v) is 8.79. The van der Waals surface area contributed by atoms with Crippen molar-refractivity contribution in [2.24, 2.45) is 0 Å². The number of aryl methyl sites for hydroxylation is 2. The highest BCUT2D eigenvalue weighted by atomic mass is 32.2. The lowest BCUT2D eigenvalue weighted by atomic mass is 10.1. The van der Waals surface area contributed by atoms with Gasteiger partial charge in [0.2, 0.25) is 21.8 Å². The zero-order chi connectivity index (χ0) is 19.1. The third-order valence-electron chi connectivity index (χ3n) is 5.28. The molecule has 0 spiro atoms. The third-order valence-corrected chi connectivity index (χ3v) is 7.20. The Kier molecular flexibility index (Phi) is 5.07. The van der Waals surface area contributed by atoms with Crippen molar-refractivity contribution in [2.75, 3.05) is 20.2 Å². The maximum atomic E-state index is 13.1. The van der Waals surface area contributed by atoms with E-state index in [1.54, 1.807) is 12.1 Å². The second-order valence-electron chi connectivity index (χ2n) is 6.88. The van der Waals surface area contributed by atoms with Gasteiger partial charge < -0.3 is 4.74 Å². The third kappa shape index (κ3) is 3.23. The largest absolute Gasteiger partial charge is 0.495 e. The first-order valence-electron chi connectivity index (χ1n) is 8.76. The number of ether oxygens (including phenoxy) is 1. The standard InChI is InChI=1S/C18H24N2O5S/c1-12-10-15(25-3)16(11-13(12)2)26(23,24)19-8-6-14(7-9-19)20-17(21)4-5-18(20)22/h10-11,14H,4-9H2,1-3H3. The van der Waals surface area contributed by atoms with Gasteiger partial charge in [-0.05, 0) is 49.9 Å². The van der Waals surface area contributed by atoms with Gasteiger partial charge in [-0.2, -0.15) is 4.31 Å². The van der Waals surface area contributed by atoms with Gasteiger partial charge in [-0.1, -0.05) is 0 Å². The lowest BCUT2D eigenvalue weighted by molar-refractivity contribution is -0.141. The number of rotatable bonds is 4. The molecule has 2 aliphatic heterocycles. The van der Waals surface area contributed by atoms with Gasteiger partial charge in [0.05, 0.1) is 7.11 Å². The molecule has 26 heavy (non-hydrogen) atoms. The van der Waals surface area contributed by atoms with Crippen LogP contribution in [-0.4, -0.2) is 55.7 Å². The van der Waals surface area contributed by atoms with Gasteiger partial charge in [-0.15, -0.1) is 0 Å². The van der Waals surface area contributed by atoms with Crippen molar-refractivity contribution in [3.63, 3.8) is 0 Å². The van der Waals surface area contributed by atoms with Gasteiger partial charge in [0.25, 0.3) is 0 Å². The number of carbonyl (C=O) groups is 2. The SMILES string of the molecule is COc1cc(C)c(C)cc1S(=O)(=O)N1CCC(N2C(=O)CCC2=O)CC1. The minimum absolute atomic E-state index is 0.146. The van der Waals surface area contributed by atoms with Crippen LogP contribution < -0.4 is 4.74 Å². The molecular formula is C18H24N2O5S. The lowest BCUT2D eigenvalue weighted by Gasteiger charge is -2.35. The van der Waals surface area contributed by atoms with Crippen molar-refractivity contribution < 1.29 is 22.7 Å². The zero-order valence-corrected chi connectivity index (χ0v) is 16.1. The van der Waals surface area contributed by atoms with Crippen LogP contribution in [0.5, 0.6) is 5.75 Å². The van der Waals surface area contributed by atoms with E-state index in [4.69, 9.17) is 4.74 Å². The molecule has 3 rings (SSSR count). The number of hydrogen-bond donors (Lipinski definition) is 0. The van der Waals surface area contributed by atoms with Crippen molar-refractivity contribution in [3.05, 3.63) is 23.3 Å². The number of likely N-dealkylation sites (tertiary alicyclic amines) is 1. The maximum Gasteiger partial charge on any atom is 0.246 e. The van der Waals surface area contributed by atoms with E-state index in [0.717, 1.165) is 11.1 Å². The molecule has 0 atom stereocenters. The molecular weight excluding hydrogens is 356 g/mol. The van der Waals surface area contributed by atoms with Crippen molar-refractivity contribution in [1.82, 2.24) is 9.21 Å². The summed E-state index contributed by atoms with van der Waals surface area (Å²) in [5.74, 6) is 0.0411. The Bertz CT molecular complexity index is 825. The number of nitrogens with zero attached hydrogens (tertiary/aromatic N) is 2. The Balaban J connectivity index is 1.80. The molecule has 2 fully saturated rings. The molecule has 0 radical (unpaired) electrons. The van der Waals surface area contributed by atoms with E-state index in [2.05, 4.69) is 0 Å². The average molecular weight is 380 g/mol. The molecule has 2 saturated heterocycles. The molecule has 2 heterocycles. The first-order valence-corrected chi connectivity index (χ1v) is 10.2. The van der Waals surface area contributed by atoms with E-state index in [1.807, 2.05) is 13.8 Å². The van der Waals surface area contributed by atoms with Crippen molar-refractivity contribution >= 4 is 21.8 Å². The monoisotopic (exact) mass is 380 g/mol. The van der Waals surface area contributed by atoms with Crippen LogP contribution in [0, 0.1) is 13.8 Å². The van der Waals surface area contributed by atoms with Crippen LogP contribution in [0.15, 0.2) is 17.0 Å². The summed E-state index contributed by atoms with van der Waals surface area (Å²) in [5.41, 5.74) is 1.85. The van der Waals surface area contributed by atoms with Crippen molar-refractivity contribution in [1.29, 1.82) is 0 Å². The topological polar surface area (TPSA) is 84.0 Å². The summed E-state index contributed by atoms with van der Waals surface area (Å²) in [6.45, 7) is 4.33. The van der Waals surface area contributed by atoms with E-state index in [-0.39, 0.29) is 48.7 Å². The van der Waals surface area contributed by atoms with Gasteiger partial charge in [-0.25, -0.2) is 8.42 Å². The van der Waals surface area contributed by atoms with E-state index >= 15 is 0 Å². The van der Waals surface area contributed by atoms with Crippen LogP contribution in [0.1, 0.15) is 36.8 Å². The number of imide groups is 1. The predicted octanol–water partition coefficient (Wildman–Crippen LogP) is 1.61. The second kappa shape index (κ2) is 7.00. The number of sulfonamides is 1. The number of benzene rings is 1. The summed E-state index contributed by atoms with van der Waals surface area (Å²) in [6, 6.07) is 3.17. The number of hydrogen-bond acceptors (Lipinski definition) is 5. The van der Waals surface area contributed by atoms with Crippen LogP contribution in [0.2, 0.25) is 0 Å². The quantitative estimate of drug-likeness (QED) is 0.741. The molecule has 1 aromatic rings. The Labute approximate surface area is 154 Å². The smallest absolute Gasteiger partial charge is 0.246 e. The Morgan fingerprint density at radius 2 is 1.54 bits per heavy atom. The van der Waals surface area contributed by atoms with Gasteiger partial charge in [0, 0.05) is 32.0 Å². The average Bonchev–Trinajstić information content (AvgIpc) is 2.95. The zero-order valence-electron chi connectivity index (χ0n) is 15.3. The van der Waals surface area contributed by atoms with Gasteiger partial charge >= 0.3 is 0 Å². The summed E-state index contributed by atoms with van der Waals surface area (Å²) in [4.78, 5) is 25.3. The normalized spacial score (nSPS) is 20.0. The lowest BCUT2D eigenvalue weighted by Crippen LogP contribution is -2.48. The van der Waals surface area contributed by atoms with E-state index < -0.39 is 10.0 Å². The fraction of sp³-hybridized carbons (Fsp3) is 0.556. The van der Waals surface area contributed by atoms with Gasteiger partial charge in [0.1, 0.15) is 10.6 Å². The Hall–Kier alpha value is -1.93. The van der Waals surface area contributed by atoms with Crippen molar-refractivity contribution in [3.8, 4) is 5.75 Å². The van der Waals surface area contributed by atoms with E-state index in [0.29, 0.717) is 18.6 Å². The molecule has 8 heteroatoms. The summed E-state index contributed by atoms with van der Waals surface area (Å²) in [5, 5.41) is 0. The minimum Gasteiger partial charge on any atom is -0.495 e. The molecule has 142 valence electrons. The Morgan fingerprint density at radius 3 is 2.08 bits per heavy atom. The molecule has 0 bridgehead atoms. The molecule has 0 aliphatic carbocycles. The number of carbonyl (C=O) groups excluding carboxylic acids is 2. The molecule has 0 unspecified atom stereocenters. The highest BCUT2D eigenvalue weighted by Gasteiger charge is 2.39. The highest BCUT2D eigenvalue weighted by molar-refractivity contribution is 7.89. The van der Waals surface area contributed by atoms with Crippen LogP contribution >= 0.6 is 0 Å². The molecule has 7 nitrogen and oxygen atoms in total. The highest BCUT2D eigenvalue weighted by Crippen LogP contribution is 2.32. The Morgan fingerprint density at radius 1 is 1.00 bits per heavy atom. The van der Waals surface area contributed by atoms with Crippen LogP contribution in [-0.2, 0) is 19.6 Å². The number of amides is 2. The van der Waals surface area contributed by atoms with Crippen LogP contribution in [0.4, 0.5) is 0 Å². The summed E-state index contributed by atoms with van der Waals surface area (Å²) in [7, 11) is -2.24. The maximum absolute atomic E-state index is 13.1. The fourth-order valence-corrected chi connectivity index (χ4v) is 5.30.